The molecule has 0 N–H and O–H groups in total. The summed E-state index contributed by atoms with van der Waals surface area (Å²) in [5, 5.41) is 8.75. The van der Waals surface area contributed by atoms with E-state index in [9.17, 15) is 4.79 Å². The summed E-state index contributed by atoms with van der Waals surface area (Å²) >= 11 is 0. The fourth-order valence-corrected chi connectivity index (χ4v) is 1.93. The minimum atomic E-state index is -0.103. The van der Waals surface area contributed by atoms with Crippen molar-refractivity contribution in [1.82, 2.24) is 4.90 Å². The molecule has 0 saturated heterocycles. The van der Waals surface area contributed by atoms with Gasteiger partial charge in [0.25, 0.3) is 5.91 Å². The smallest absolute Gasteiger partial charge is 0.253 e. The molecule has 0 bridgehead atoms. The Morgan fingerprint density at radius 1 is 1.19 bits per heavy atom. The van der Waals surface area contributed by atoms with Crippen molar-refractivity contribution in [2.45, 2.75) is 6.54 Å². The van der Waals surface area contributed by atoms with Crippen molar-refractivity contribution in [3.8, 4) is 6.07 Å². The highest BCUT2D eigenvalue weighted by atomic mass is 16.2. The minimum absolute atomic E-state index is 0.103. The molecule has 0 saturated carbocycles. The zero-order valence-electron chi connectivity index (χ0n) is 11.6. The van der Waals surface area contributed by atoms with Gasteiger partial charge in [-0.1, -0.05) is 24.3 Å². The van der Waals surface area contributed by atoms with Gasteiger partial charge in [0, 0.05) is 19.2 Å². The van der Waals surface area contributed by atoms with Gasteiger partial charge in [-0.05, 0) is 29.8 Å². The Hall–Kier alpha value is -3.11. The van der Waals surface area contributed by atoms with Crippen molar-refractivity contribution >= 4 is 11.6 Å². The molecule has 0 aromatic heterocycles. The van der Waals surface area contributed by atoms with Crippen LogP contribution in [-0.2, 0) is 6.54 Å². The molecule has 4 heteroatoms. The number of rotatable bonds is 3. The SMILES string of the molecule is [C-]#[N+]c1ccc(CN(C)C(=O)c2ccc(C#N)cc2)cc1. The molecule has 0 aliphatic heterocycles. The summed E-state index contributed by atoms with van der Waals surface area (Å²) < 4.78 is 0. The predicted molar refractivity (Wildman–Crippen MR) is 79.7 cm³/mol. The van der Waals surface area contributed by atoms with Crippen molar-refractivity contribution in [1.29, 1.82) is 5.26 Å². The van der Waals surface area contributed by atoms with Crippen LogP contribution in [0.2, 0.25) is 0 Å². The Balaban J connectivity index is 2.08. The van der Waals surface area contributed by atoms with Gasteiger partial charge in [-0.2, -0.15) is 5.26 Å². The third-order valence-corrected chi connectivity index (χ3v) is 3.09. The van der Waals surface area contributed by atoms with Crippen molar-refractivity contribution in [3.05, 3.63) is 76.6 Å². The third kappa shape index (κ3) is 3.46. The second-order valence-corrected chi connectivity index (χ2v) is 4.63. The maximum Gasteiger partial charge on any atom is 0.253 e. The average molecular weight is 275 g/mol. The summed E-state index contributed by atoms with van der Waals surface area (Å²) in [5.41, 5.74) is 2.63. The first-order valence-electron chi connectivity index (χ1n) is 6.36. The number of amides is 1. The first-order valence-corrected chi connectivity index (χ1v) is 6.36. The molecule has 0 aliphatic rings. The van der Waals surface area contributed by atoms with Gasteiger partial charge in [0.2, 0.25) is 0 Å². The molecule has 0 heterocycles. The standard InChI is InChI=1S/C17H13N3O/c1-19-16-9-5-14(6-10-16)12-20(2)17(21)15-7-3-13(11-18)4-8-15/h3-10H,12H2,2H3. The Bertz CT molecular complexity index is 719. The van der Waals surface area contributed by atoms with E-state index >= 15 is 0 Å². The molecule has 0 unspecified atom stereocenters. The maximum atomic E-state index is 12.3. The Morgan fingerprint density at radius 3 is 2.33 bits per heavy atom. The molecule has 2 aromatic rings. The van der Waals surface area contributed by atoms with Crippen molar-refractivity contribution in [2.75, 3.05) is 7.05 Å². The van der Waals surface area contributed by atoms with E-state index in [-0.39, 0.29) is 5.91 Å². The van der Waals surface area contributed by atoms with Gasteiger partial charge in [-0.15, -0.1) is 0 Å². The number of carbonyl (C=O) groups is 1. The molecule has 1 amide bonds. The number of hydrogen-bond donors (Lipinski definition) is 0. The summed E-state index contributed by atoms with van der Waals surface area (Å²) in [4.78, 5) is 17.2. The van der Waals surface area contributed by atoms with Crippen LogP contribution in [0.15, 0.2) is 48.5 Å². The van der Waals surface area contributed by atoms with Crippen LogP contribution in [-0.4, -0.2) is 17.9 Å². The molecular weight excluding hydrogens is 262 g/mol. The number of benzene rings is 2. The Morgan fingerprint density at radius 2 is 1.81 bits per heavy atom. The first kappa shape index (κ1) is 14.3. The minimum Gasteiger partial charge on any atom is -0.337 e. The van der Waals surface area contributed by atoms with Gasteiger partial charge >= 0.3 is 0 Å². The van der Waals surface area contributed by atoms with Crippen LogP contribution in [0, 0.1) is 17.9 Å². The van der Waals surface area contributed by atoms with E-state index in [1.807, 2.05) is 18.2 Å². The van der Waals surface area contributed by atoms with Crippen LogP contribution in [0.5, 0.6) is 0 Å². The molecule has 4 nitrogen and oxygen atoms in total. The van der Waals surface area contributed by atoms with Crippen LogP contribution in [0.1, 0.15) is 21.5 Å². The van der Waals surface area contributed by atoms with Crippen molar-refractivity contribution in [2.24, 2.45) is 0 Å². The summed E-state index contributed by atoms with van der Waals surface area (Å²) in [6, 6.07) is 15.8. The molecule has 102 valence electrons. The molecule has 0 aliphatic carbocycles. The lowest BCUT2D eigenvalue weighted by molar-refractivity contribution is 0.0785. The van der Waals surface area contributed by atoms with E-state index in [0.717, 1.165) is 5.56 Å². The van der Waals surface area contributed by atoms with E-state index in [0.29, 0.717) is 23.4 Å². The van der Waals surface area contributed by atoms with E-state index in [1.165, 1.54) is 0 Å². The lowest BCUT2D eigenvalue weighted by Crippen LogP contribution is -2.26. The van der Waals surface area contributed by atoms with Crippen molar-refractivity contribution in [3.63, 3.8) is 0 Å². The van der Waals surface area contributed by atoms with Crippen LogP contribution in [0.4, 0.5) is 5.69 Å². The van der Waals surface area contributed by atoms with Crippen molar-refractivity contribution < 1.29 is 4.79 Å². The third-order valence-electron chi connectivity index (χ3n) is 3.09. The zero-order valence-corrected chi connectivity index (χ0v) is 11.6. The average Bonchev–Trinajstić information content (AvgIpc) is 2.55. The molecule has 2 aromatic carbocycles. The topological polar surface area (TPSA) is 48.5 Å². The number of carbonyl (C=O) groups excluding carboxylic acids is 1. The summed E-state index contributed by atoms with van der Waals surface area (Å²) in [6.07, 6.45) is 0. The molecule has 0 radical (unpaired) electrons. The highest BCUT2D eigenvalue weighted by molar-refractivity contribution is 5.94. The lowest BCUT2D eigenvalue weighted by Gasteiger charge is -2.17. The fourth-order valence-electron chi connectivity index (χ4n) is 1.93. The van der Waals surface area contributed by atoms with Crippen LogP contribution >= 0.6 is 0 Å². The quantitative estimate of drug-likeness (QED) is 0.806. The number of nitriles is 1. The summed E-state index contributed by atoms with van der Waals surface area (Å²) in [5.74, 6) is -0.103. The first-order chi connectivity index (χ1) is 10.1. The van der Waals surface area contributed by atoms with E-state index in [2.05, 4.69) is 4.85 Å². The van der Waals surface area contributed by atoms with Gasteiger partial charge in [0.15, 0.2) is 5.69 Å². The monoisotopic (exact) mass is 275 g/mol. The van der Waals surface area contributed by atoms with E-state index < -0.39 is 0 Å². The van der Waals surface area contributed by atoms with Gasteiger partial charge in [-0.3, -0.25) is 4.79 Å². The van der Waals surface area contributed by atoms with Gasteiger partial charge < -0.3 is 4.90 Å². The molecule has 0 spiro atoms. The largest absolute Gasteiger partial charge is 0.337 e. The van der Waals surface area contributed by atoms with Gasteiger partial charge in [0.1, 0.15) is 0 Å². The molecule has 0 fully saturated rings. The summed E-state index contributed by atoms with van der Waals surface area (Å²) in [6.45, 7) is 7.38. The molecule has 0 atom stereocenters. The highest BCUT2D eigenvalue weighted by Crippen LogP contribution is 2.15. The molecule has 2 rings (SSSR count). The van der Waals surface area contributed by atoms with Crippen LogP contribution in [0.25, 0.3) is 4.85 Å². The normalized spacial score (nSPS) is 9.48. The predicted octanol–water partition coefficient (Wildman–Crippen LogP) is 3.38. The van der Waals surface area contributed by atoms with Gasteiger partial charge in [-0.25, -0.2) is 4.85 Å². The lowest BCUT2D eigenvalue weighted by atomic mass is 10.1. The van der Waals surface area contributed by atoms with Crippen LogP contribution in [0.3, 0.4) is 0 Å². The Labute approximate surface area is 123 Å². The second kappa shape index (κ2) is 6.36. The highest BCUT2D eigenvalue weighted by Gasteiger charge is 2.11. The van der Waals surface area contributed by atoms with Gasteiger partial charge in [0.05, 0.1) is 18.2 Å². The maximum absolute atomic E-state index is 12.3. The van der Waals surface area contributed by atoms with E-state index in [4.69, 9.17) is 11.8 Å². The summed E-state index contributed by atoms with van der Waals surface area (Å²) in [7, 11) is 1.73. The number of nitrogens with zero attached hydrogens (tertiary/aromatic N) is 3. The zero-order chi connectivity index (χ0) is 15.2. The Kier molecular flexibility index (Phi) is 4.33. The van der Waals surface area contributed by atoms with Crippen LogP contribution < -0.4 is 0 Å². The van der Waals surface area contributed by atoms with E-state index in [1.54, 1.807) is 48.3 Å². The second-order valence-electron chi connectivity index (χ2n) is 4.63. The number of hydrogen-bond acceptors (Lipinski definition) is 2. The molecule has 21 heavy (non-hydrogen) atoms. The fraction of sp³-hybridized carbons (Fsp3) is 0.118. The molecular formula is C17H13N3O.